The molecule has 3 aromatic rings. The van der Waals surface area contributed by atoms with E-state index < -0.39 is 0 Å². The molecule has 0 saturated carbocycles. The standard InChI is InChI=1S/C18H18ClN5/c1-12(13-7-3-2-4-8-13)23-17-16(20)18(22-11-21-17)24-15-10-6-5-9-14(15)19/h2-12H,20H2,1H3,(H2,21,22,23,24). The number of anilines is 4. The van der Waals surface area contributed by atoms with E-state index in [9.17, 15) is 0 Å². The summed E-state index contributed by atoms with van der Waals surface area (Å²) >= 11 is 6.17. The lowest BCUT2D eigenvalue weighted by atomic mass is 10.1. The van der Waals surface area contributed by atoms with Crippen molar-refractivity contribution in [3.8, 4) is 0 Å². The minimum absolute atomic E-state index is 0.0663. The summed E-state index contributed by atoms with van der Waals surface area (Å²) in [6.45, 7) is 2.05. The fraction of sp³-hybridized carbons (Fsp3) is 0.111. The van der Waals surface area contributed by atoms with Gasteiger partial charge in [-0.1, -0.05) is 54.1 Å². The molecule has 0 spiro atoms. The number of para-hydroxylation sites is 1. The monoisotopic (exact) mass is 339 g/mol. The Balaban J connectivity index is 1.82. The van der Waals surface area contributed by atoms with Crippen LogP contribution in [0.15, 0.2) is 60.9 Å². The average molecular weight is 340 g/mol. The number of nitrogens with two attached hydrogens (primary N) is 1. The zero-order chi connectivity index (χ0) is 16.9. The number of hydrogen-bond donors (Lipinski definition) is 3. The van der Waals surface area contributed by atoms with Crippen molar-refractivity contribution in [2.45, 2.75) is 13.0 Å². The molecule has 0 aliphatic carbocycles. The van der Waals surface area contributed by atoms with Gasteiger partial charge in [-0.15, -0.1) is 0 Å². The summed E-state index contributed by atoms with van der Waals surface area (Å²) in [5.74, 6) is 1.09. The van der Waals surface area contributed by atoms with E-state index >= 15 is 0 Å². The van der Waals surface area contributed by atoms with Gasteiger partial charge < -0.3 is 16.4 Å². The number of hydrogen-bond acceptors (Lipinski definition) is 5. The Kier molecular flexibility index (Phi) is 4.82. The summed E-state index contributed by atoms with van der Waals surface area (Å²) in [6.07, 6.45) is 1.47. The van der Waals surface area contributed by atoms with Gasteiger partial charge in [0.05, 0.1) is 16.8 Å². The lowest BCUT2D eigenvalue weighted by Crippen LogP contribution is -2.11. The van der Waals surface area contributed by atoms with Gasteiger partial charge in [0.15, 0.2) is 11.6 Å². The fourth-order valence-electron chi connectivity index (χ4n) is 2.33. The number of halogens is 1. The van der Waals surface area contributed by atoms with Gasteiger partial charge in [-0.05, 0) is 24.6 Å². The second kappa shape index (κ2) is 7.19. The van der Waals surface area contributed by atoms with Crippen LogP contribution >= 0.6 is 11.6 Å². The first kappa shape index (κ1) is 16.1. The van der Waals surface area contributed by atoms with E-state index in [0.717, 1.165) is 11.3 Å². The lowest BCUT2D eigenvalue weighted by Gasteiger charge is -2.18. The van der Waals surface area contributed by atoms with E-state index in [1.165, 1.54) is 6.33 Å². The van der Waals surface area contributed by atoms with Crippen molar-refractivity contribution in [3.63, 3.8) is 0 Å². The maximum absolute atomic E-state index is 6.21. The minimum Gasteiger partial charge on any atom is -0.393 e. The van der Waals surface area contributed by atoms with Crippen molar-refractivity contribution < 1.29 is 0 Å². The van der Waals surface area contributed by atoms with Gasteiger partial charge >= 0.3 is 0 Å². The SMILES string of the molecule is CC(Nc1ncnc(Nc2ccccc2Cl)c1N)c1ccccc1. The van der Waals surface area contributed by atoms with Gasteiger partial charge in [0.25, 0.3) is 0 Å². The molecule has 2 aromatic carbocycles. The Morgan fingerprint density at radius 1 is 0.958 bits per heavy atom. The van der Waals surface area contributed by atoms with E-state index in [2.05, 4.69) is 39.7 Å². The first-order valence-corrected chi connectivity index (χ1v) is 7.96. The van der Waals surface area contributed by atoms with Crippen molar-refractivity contribution in [2.24, 2.45) is 0 Å². The Labute approximate surface area is 145 Å². The largest absolute Gasteiger partial charge is 0.393 e. The molecule has 0 aliphatic rings. The zero-order valence-electron chi connectivity index (χ0n) is 13.2. The van der Waals surface area contributed by atoms with E-state index in [-0.39, 0.29) is 6.04 Å². The predicted molar refractivity (Wildman–Crippen MR) is 99.7 cm³/mol. The van der Waals surface area contributed by atoms with Crippen LogP contribution in [0.5, 0.6) is 0 Å². The summed E-state index contributed by atoms with van der Waals surface area (Å²) in [7, 11) is 0. The Morgan fingerprint density at radius 3 is 2.38 bits per heavy atom. The van der Waals surface area contributed by atoms with Crippen molar-refractivity contribution >= 4 is 34.6 Å². The normalized spacial score (nSPS) is 11.8. The van der Waals surface area contributed by atoms with Crippen molar-refractivity contribution in [3.05, 3.63) is 71.5 Å². The van der Waals surface area contributed by atoms with Crippen molar-refractivity contribution in [1.82, 2.24) is 9.97 Å². The van der Waals surface area contributed by atoms with Gasteiger partial charge in [0.2, 0.25) is 0 Å². The molecule has 4 N–H and O–H groups in total. The molecule has 3 rings (SSSR count). The highest BCUT2D eigenvalue weighted by Crippen LogP contribution is 2.30. The highest BCUT2D eigenvalue weighted by molar-refractivity contribution is 6.33. The smallest absolute Gasteiger partial charge is 0.159 e. The van der Waals surface area contributed by atoms with E-state index in [0.29, 0.717) is 22.3 Å². The Bertz CT molecular complexity index is 823. The zero-order valence-corrected chi connectivity index (χ0v) is 14.0. The molecular formula is C18H18ClN5. The Morgan fingerprint density at radius 2 is 1.62 bits per heavy atom. The molecule has 5 nitrogen and oxygen atoms in total. The second-order valence-corrected chi connectivity index (χ2v) is 5.77. The maximum atomic E-state index is 6.21. The number of aromatic nitrogens is 2. The van der Waals surface area contributed by atoms with Crippen molar-refractivity contribution in [1.29, 1.82) is 0 Å². The summed E-state index contributed by atoms with van der Waals surface area (Å²) in [6, 6.07) is 17.6. The van der Waals surface area contributed by atoms with Crippen LogP contribution in [0.3, 0.4) is 0 Å². The summed E-state index contributed by atoms with van der Waals surface area (Å²) in [5.41, 5.74) is 8.55. The third-order valence-electron chi connectivity index (χ3n) is 3.66. The summed E-state index contributed by atoms with van der Waals surface area (Å²) in [5, 5.41) is 7.06. The van der Waals surface area contributed by atoms with Crippen LogP contribution in [0.1, 0.15) is 18.5 Å². The first-order chi connectivity index (χ1) is 11.6. The van der Waals surface area contributed by atoms with E-state index in [4.69, 9.17) is 17.3 Å². The predicted octanol–water partition coefficient (Wildman–Crippen LogP) is 4.63. The molecule has 0 radical (unpaired) electrons. The fourth-order valence-corrected chi connectivity index (χ4v) is 2.51. The van der Waals surface area contributed by atoms with Crippen LogP contribution in [0.2, 0.25) is 5.02 Å². The van der Waals surface area contributed by atoms with Gasteiger partial charge in [-0.3, -0.25) is 0 Å². The third kappa shape index (κ3) is 3.58. The quantitative estimate of drug-likeness (QED) is 0.632. The molecule has 0 bridgehead atoms. The molecule has 1 unspecified atom stereocenters. The molecule has 1 heterocycles. The molecule has 6 heteroatoms. The van der Waals surface area contributed by atoms with E-state index in [1.807, 2.05) is 36.4 Å². The number of nitrogen functional groups attached to an aromatic ring is 1. The number of rotatable bonds is 5. The van der Waals surface area contributed by atoms with Crippen LogP contribution in [-0.2, 0) is 0 Å². The van der Waals surface area contributed by atoms with E-state index in [1.54, 1.807) is 6.07 Å². The molecule has 1 atom stereocenters. The number of benzene rings is 2. The second-order valence-electron chi connectivity index (χ2n) is 5.37. The molecule has 122 valence electrons. The average Bonchev–Trinajstić information content (AvgIpc) is 2.61. The summed E-state index contributed by atoms with van der Waals surface area (Å²) < 4.78 is 0. The highest BCUT2D eigenvalue weighted by atomic mass is 35.5. The first-order valence-electron chi connectivity index (χ1n) is 7.58. The minimum atomic E-state index is 0.0663. The topological polar surface area (TPSA) is 75.9 Å². The molecule has 0 amide bonds. The lowest BCUT2D eigenvalue weighted by molar-refractivity contribution is 0.873. The van der Waals surface area contributed by atoms with Gasteiger partial charge in [0.1, 0.15) is 12.0 Å². The molecule has 0 saturated heterocycles. The summed E-state index contributed by atoms with van der Waals surface area (Å²) in [4.78, 5) is 8.46. The third-order valence-corrected chi connectivity index (χ3v) is 3.99. The molecular weight excluding hydrogens is 322 g/mol. The Hall–Kier alpha value is -2.79. The van der Waals surface area contributed by atoms with Crippen molar-refractivity contribution in [2.75, 3.05) is 16.4 Å². The van der Waals surface area contributed by atoms with Gasteiger partial charge in [0, 0.05) is 0 Å². The molecule has 0 fully saturated rings. The van der Waals surface area contributed by atoms with Crippen LogP contribution in [0.25, 0.3) is 0 Å². The molecule has 0 aliphatic heterocycles. The van der Waals surface area contributed by atoms with Crippen LogP contribution < -0.4 is 16.4 Å². The van der Waals surface area contributed by atoms with Gasteiger partial charge in [-0.2, -0.15) is 0 Å². The van der Waals surface area contributed by atoms with Crippen LogP contribution in [0.4, 0.5) is 23.0 Å². The highest BCUT2D eigenvalue weighted by Gasteiger charge is 2.12. The maximum Gasteiger partial charge on any atom is 0.159 e. The molecule has 1 aromatic heterocycles. The number of nitrogens with zero attached hydrogens (tertiary/aromatic N) is 2. The number of nitrogens with one attached hydrogen (secondary N) is 2. The van der Waals surface area contributed by atoms with Gasteiger partial charge in [-0.25, -0.2) is 9.97 Å². The molecule has 24 heavy (non-hydrogen) atoms. The van der Waals surface area contributed by atoms with Crippen LogP contribution in [0, 0.1) is 0 Å². The van der Waals surface area contributed by atoms with Crippen LogP contribution in [-0.4, -0.2) is 9.97 Å².